The van der Waals surface area contributed by atoms with Gasteiger partial charge in [-0.2, -0.15) is 10.1 Å². The van der Waals surface area contributed by atoms with Crippen LogP contribution >= 0.6 is 0 Å². The number of rotatable bonds is 1. The van der Waals surface area contributed by atoms with E-state index in [9.17, 15) is 0 Å². The number of anilines is 2. The maximum atomic E-state index is 5.96. The van der Waals surface area contributed by atoms with Gasteiger partial charge in [0, 0.05) is 12.2 Å². The minimum Gasteiger partial charge on any atom is -0.399 e. The van der Waals surface area contributed by atoms with Crippen molar-refractivity contribution in [2.75, 3.05) is 17.6 Å². The Morgan fingerprint density at radius 1 is 1.47 bits per heavy atom. The Morgan fingerprint density at radius 3 is 3.18 bits per heavy atom. The van der Waals surface area contributed by atoms with Crippen molar-refractivity contribution in [3.05, 3.63) is 35.7 Å². The summed E-state index contributed by atoms with van der Waals surface area (Å²) in [6, 6.07) is 6.45. The van der Waals surface area contributed by atoms with Gasteiger partial charge in [-0.1, -0.05) is 12.1 Å². The highest BCUT2D eigenvalue weighted by atomic mass is 15.4. The molecule has 3 rings (SSSR count). The molecule has 88 valence electrons. The van der Waals surface area contributed by atoms with Crippen LogP contribution in [0.4, 0.5) is 11.6 Å². The molecule has 5 heteroatoms. The fraction of sp³-hybridized carbons (Fsp3) is 0.333. The molecule has 0 spiro atoms. The Kier molecular flexibility index (Phi) is 2.24. The van der Waals surface area contributed by atoms with Gasteiger partial charge in [0.25, 0.3) is 0 Å². The molecule has 0 fully saturated rings. The molecule has 1 aromatic carbocycles. The quantitative estimate of drug-likeness (QED) is 0.728. The molecule has 1 aliphatic rings. The van der Waals surface area contributed by atoms with Crippen molar-refractivity contribution in [3.8, 4) is 0 Å². The number of nitrogens with two attached hydrogens (primary N) is 1. The summed E-state index contributed by atoms with van der Waals surface area (Å²) >= 11 is 0. The molecule has 0 saturated heterocycles. The van der Waals surface area contributed by atoms with Crippen molar-refractivity contribution in [1.82, 2.24) is 14.8 Å². The second-order valence-corrected chi connectivity index (χ2v) is 4.38. The molecule has 0 bridgehead atoms. The summed E-state index contributed by atoms with van der Waals surface area (Å²) in [5, 5.41) is 7.50. The third kappa shape index (κ3) is 1.63. The zero-order chi connectivity index (χ0) is 11.8. The van der Waals surface area contributed by atoms with E-state index in [4.69, 9.17) is 5.73 Å². The Labute approximate surface area is 99.7 Å². The molecule has 1 unspecified atom stereocenters. The molecule has 1 aliphatic heterocycles. The summed E-state index contributed by atoms with van der Waals surface area (Å²) in [6.07, 6.45) is 2.58. The molecule has 0 radical (unpaired) electrons. The van der Waals surface area contributed by atoms with E-state index >= 15 is 0 Å². The number of hydrogen-bond acceptors (Lipinski definition) is 4. The third-order valence-electron chi connectivity index (χ3n) is 3.26. The zero-order valence-electron chi connectivity index (χ0n) is 9.72. The van der Waals surface area contributed by atoms with Crippen LogP contribution in [0.2, 0.25) is 0 Å². The van der Waals surface area contributed by atoms with Crippen molar-refractivity contribution in [2.45, 2.75) is 19.4 Å². The lowest BCUT2D eigenvalue weighted by Crippen LogP contribution is -2.24. The van der Waals surface area contributed by atoms with E-state index in [0.717, 1.165) is 30.2 Å². The molecule has 1 aromatic heterocycles. The van der Waals surface area contributed by atoms with Gasteiger partial charge < -0.3 is 11.1 Å². The summed E-state index contributed by atoms with van der Waals surface area (Å²) in [4.78, 5) is 4.18. The minimum atomic E-state index is 0.233. The van der Waals surface area contributed by atoms with Crippen LogP contribution in [-0.2, 0) is 0 Å². The summed E-state index contributed by atoms with van der Waals surface area (Å²) in [5.74, 6) is 0.834. The van der Waals surface area contributed by atoms with Crippen LogP contribution in [0.5, 0.6) is 0 Å². The molecule has 17 heavy (non-hydrogen) atoms. The van der Waals surface area contributed by atoms with Gasteiger partial charge in [-0.3, -0.25) is 0 Å². The van der Waals surface area contributed by atoms with Crippen LogP contribution in [0.1, 0.15) is 23.6 Å². The van der Waals surface area contributed by atoms with Crippen LogP contribution in [0.25, 0.3) is 0 Å². The van der Waals surface area contributed by atoms with Gasteiger partial charge in [-0.25, -0.2) is 4.68 Å². The first-order valence-corrected chi connectivity index (χ1v) is 5.75. The first kappa shape index (κ1) is 10.1. The normalized spacial score (nSPS) is 18.5. The SMILES string of the molecule is Cc1ccc(C2CCNc3ncnn32)cc1N. The third-order valence-corrected chi connectivity index (χ3v) is 3.26. The lowest BCUT2D eigenvalue weighted by molar-refractivity contribution is 0.480. The van der Waals surface area contributed by atoms with Crippen molar-refractivity contribution >= 4 is 11.6 Å². The lowest BCUT2D eigenvalue weighted by Gasteiger charge is -2.25. The van der Waals surface area contributed by atoms with Gasteiger partial charge in [0.1, 0.15) is 6.33 Å². The number of nitrogens with zero attached hydrogens (tertiary/aromatic N) is 3. The molecular formula is C12H15N5. The number of fused-ring (bicyclic) bond motifs is 1. The van der Waals surface area contributed by atoms with Crippen LogP contribution in [0, 0.1) is 6.92 Å². The molecule has 5 nitrogen and oxygen atoms in total. The molecule has 0 amide bonds. The first-order valence-electron chi connectivity index (χ1n) is 5.75. The Morgan fingerprint density at radius 2 is 2.35 bits per heavy atom. The molecule has 2 heterocycles. The maximum absolute atomic E-state index is 5.96. The summed E-state index contributed by atoms with van der Waals surface area (Å²) in [7, 11) is 0. The van der Waals surface area contributed by atoms with Crippen LogP contribution in [0.15, 0.2) is 24.5 Å². The summed E-state index contributed by atoms with van der Waals surface area (Å²) in [5.41, 5.74) is 9.11. The molecule has 1 atom stereocenters. The Balaban J connectivity index is 2.03. The van der Waals surface area contributed by atoms with E-state index in [1.165, 1.54) is 5.56 Å². The van der Waals surface area contributed by atoms with Crippen molar-refractivity contribution in [3.63, 3.8) is 0 Å². The van der Waals surface area contributed by atoms with Gasteiger partial charge in [0.15, 0.2) is 0 Å². The highest BCUT2D eigenvalue weighted by Gasteiger charge is 2.22. The molecule has 0 saturated carbocycles. The van der Waals surface area contributed by atoms with E-state index in [0.29, 0.717) is 0 Å². The number of aromatic nitrogens is 3. The number of nitrogen functional groups attached to an aromatic ring is 1. The van der Waals surface area contributed by atoms with E-state index in [2.05, 4.69) is 27.5 Å². The Bertz CT molecular complexity index is 546. The van der Waals surface area contributed by atoms with E-state index < -0.39 is 0 Å². The van der Waals surface area contributed by atoms with E-state index in [-0.39, 0.29) is 6.04 Å². The number of nitrogens with one attached hydrogen (secondary N) is 1. The fourth-order valence-corrected chi connectivity index (χ4v) is 2.22. The minimum absolute atomic E-state index is 0.233. The van der Waals surface area contributed by atoms with Gasteiger partial charge in [0.2, 0.25) is 5.95 Å². The van der Waals surface area contributed by atoms with Crippen molar-refractivity contribution in [2.24, 2.45) is 0 Å². The van der Waals surface area contributed by atoms with Gasteiger partial charge in [-0.05, 0) is 30.5 Å². The molecule has 2 aromatic rings. The number of aryl methyl sites for hydroxylation is 1. The highest BCUT2D eigenvalue weighted by Crippen LogP contribution is 2.29. The summed E-state index contributed by atoms with van der Waals surface area (Å²) in [6.45, 7) is 2.93. The van der Waals surface area contributed by atoms with Gasteiger partial charge >= 0.3 is 0 Å². The van der Waals surface area contributed by atoms with E-state index in [1.54, 1.807) is 6.33 Å². The Hall–Kier alpha value is -2.04. The average molecular weight is 229 g/mol. The maximum Gasteiger partial charge on any atom is 0.221 e. The molecular weight excluding hydrogens is 214 g/mol. The van der Waals surface area contributed by atoms with Crippen LogP contribution in [0.3, 0.4) is 0 Å². The predicted octanol–water partition coefficient (Wildman–Crippen LogP) is 1.57. The predicted molar refractivity (Wildman–Crippen MR) is 66.9 cm³/mol. The largest absolute Gasteiger partial charge is 0.399 e. The second kappa shape index (κ2) is 3.76. The zero-order valence-corrected chi connectivity index (χ0v) is 9.72. The summed E-state index contributed by atoms with van der Waals surface area (Å²) < 4.78 is 1.92. The van der Waals surface area contributed by atoms with E-state index in [1.807, 2.05) is 17.7 Å². The smallest absolute Gasteiger partial charge is 0.221 e. The fourth-order valence-electron chi connectivity index (χ4n) is 2.22. The lowest BCUT2D eigenvalue weighted by atomic mass is 10.0. The van der Waals surface area contributed by atoms with Gasteiger partial charge in [0.05, 0.1) is 6.04 Å². The monoisotopic (exact) mass is 229 g/mol. The topological polar surface area (TPSA) is 68.8 Å². The molecule has 3 N–H and O–H groups in total. The average Bonchev–Trinajstić information content (AvgIpc) is 2.80. The standard InChI is InChI=1S/C12H15N5/c1-8-2-3-9(6-10(8)13)11-4-5-14-12-15-7-16-17(11)12/h2-3,6-7,11H,4-5,13H2,1H3,(H,14,15,16). The van der Waals surface area contributed by atoms with Crippen molar-refractivity contribution < 1.29 is 0 Å². The first-order chi connectivity index (χ1) is 8.25. The van der Waals surface area contributed by atoms with Gasteiger partial charge in [-0.15, -0.1) is 0 Å². The highest BCUT2D eigenvalue weighted by molar-refractivity contribution is 5.49. The number of benzene rings is 1. The van der Waals surface area contributed by atoms with Crippen LogP contribution < -0.4 is 11.1 Å². The van der Waals surface area contributed by atoms with Crippen molar-refractivity contribution in [1.29, 1.82) is 0 Å². The van der Waals surface area contributed by atoms with Crippen LogP contribution in [-0.4, -0.2) is 21.3 Å². The second-order valence-electron chi connectivity index (χ2n) is 4.38. The molecule has 0 aliphatic carbocycles. The number of hydrogen-bond donors (Lipinski definition) is 2.